The standard InChI is InChI=1S/C17H19N5OS2/c1-2-22(16(24)13-7-6-10-19-11-13)17(21-18)25-12-15(23)20-14-8-4-3-5-9-14/h2-11,16,24H,1,12,18H2,(H,20,23)/b21-17+/t16-/m0/s1. The lowest BCUT2D eigenvalue weighted by Gasteiger charge is -2.26. The van der Waals surface area contributed by atoms with Crippen LogP contribution in [0.2, 0.25) is 0 Å². The van der Waals surface area contributed by atoms with Crippen LogP contribution in [0.15, 0.2) is 72.7 Å². The maximum Gasteiger partial charge on any atom is 0.234 e. The zero-order valence-electron chi connectivity index (χ0n) is 13.4. The van der Waals surface area contributed by atoms with E-state index in [0.717, 1.165) is 11.3 Å². The third-order valence-electron chi connectivity index (χ3n) is 3.16. The van der Waals surface area contributed by atoms with Gasteiger partial charge in [-0.2, -0.15) is 5.10 Å². The summed E-state index contributed by atoms with van der Waals surface area (Å²) < 4.78 is 0. The number of nitrogens with one attached hydrogen (secondary N) is 1. The van der Waals surface area contributed by atoms with Crippen LogP contribution < -0.4 is 11.2 Å². The van der Waals surface area contributed by atoms with Gasteiger partial charge in [-0.05, 0) is 18.2 Å². The molecule has 130 valence electrons. The van der Waals surface area contributed by atoms with Crippen molar-refractivity contribution in [2.24, 2.45) is 10.9 Å². The molecule has 1 amide bonds. The van der Waals surface area contributed by atoms with E-state index in [1.54, 1.807) is 23.5 Å². The first-order chi connectivity index (χ1) is 12.2. The van der Waals surface area contributed by atoms with E-state index in [1.165, 1.54) is 11.8 Å². The number of pyridine rings is 1. The van der Waals surface area contributed by atoms with E-state index < -0.39 is 0 Å². The summed E-state index contributed by atoms with van der Waals surface area (Å²) in [5.41, 5.74) is 1.60. The number of anilines is 1. The fourth-order valence-electron chi connectivity index (χ4n) is 2.00. The van der Waals surface area contributed by atoms with Crippen molar-refractivity contribution in [2.45, 2.75) is 5.37 Å². The number of thiol groups is 1. The van der Waals surface area contributed by atoms with Gasteiger partial charge in [0.2, 0.25) is 5.91 Å². The Hall–Kier alpha value is -2.45. The van der Waals surface area contributed by atoms with E-state index in [0.29, 0.717) is 5.17 Å². The number of amides is 1. The Morgan fingerprint density at radius 1 is 1.40 bits per heavy atom. The van der Waals surface area contributed by atoms with Crippen molar-refractivity contribution in [3.63, 3.8) is 0 Å². The summed E-state index contributed by atoms with van der Waals surface area (Å²) in [6, 6.07) is 13.0. The third kappa shape index (κ3) is 5.54. The summed E-state index contributed by atoms with van der Waals surface area (Å²) in [6.07, 6.45) is 4.95. The maximum absolute atomic E-state index is 12.1. The predicted octanol–water partition coefficient (Wildman–Crippen LogP) is 3.06. The largest absolute Gasteiger partial charge is 0.325 e. The van der Waals surface area contributed by atoms with Crippen molar-refractivity contribution < 1.29 is 4.79 Å². The first kappa shape index (κ1) is 18.9. The van der Waals surface area contributed by atoms with Gasteiger partial charge in [-0.1, -0.05) is 42.6 Å². The topological polar surface area (TPSA) is 83.6 Å². The van der Waals surface area contributed by atoms with E-state index in [-0.39, 0.29) is 17.0 Å². The number of rotatable bonds is 6. The average molecular weight is 374 g/mol. The van der Waals surface area contributed by atoms with Crippen molar-refractivity contribution >= 4 is 41.2 Å². The van der Waals surface area contributed by atoms with Crippen LogP contribution in [0, 0.1) is 0 Å². The lowest BCUT2D eigenvalue weighted by Crippen LogP contribution is -2.28. The molecule has 0 aliphatic rings. The van der Waals surface area contributed by atoms with E-state index in [2.05, 4.69) is 34.6 Å². The minimum atomic E-state index is -0.363. The second kappa shape index (κ2) is 9.75. The molecular weight excluding hydrogens is 354 g/mol. The summed E-state index contributed by atoms with van der Waals surface area (Å²) in [7, 11) is 0. The number of hydrogen-bond acceptors (Lipinski definition) is 6. The molecule has 8 heteroatoms. The Bertz CT molecular complexity index is 724. The van der Waals surface area contributed by atoms with Gasteiger partial charge in [-0.25, -0.2) is 0 Å². The van der Waals surface area contributed by atoms with Gasteiger partial charge >= 0.3 is 0 Å². The highest BCUT2D eigenvalue weighted by Gasteiger charge is 2.20. The molecule has 2 aromatic rings. The van der Waals surface area contributed by atoms with Crippen LogP contribution in [-0.4, -0.2) is 26.7 Å². The van der Waals surface area contributed by atoms with E-state index in [1.807, 2.05) is 42.5 Å². The quantitative estimate of drug-likeness (QED) is 0.181. The number of aromatic nitrogens is 1. The molecule has 3 N–H and O–H groups in total. The van der Waals surface area contributed by atoms with E-state index in [9.17, 15) is 4.79 Å². The monoisotopic (exact) mass is 373 g/mol. The van der Waals surface area contributed by atoms with Crippen LogP contribution in [0.1, 0.15) is 10.9 Å². The van der Waals surface area contributed by atoms with E-state index >= 15 is 0 Å². The van der Waals surface area contributed by atoms with Gasteiger partial charge in [0.25, 0.3) is 0 Å². The Labute approximate surface area is 156 Å². The SMILES string of the molecule is C=CN(/C(=N\N)SCC(=O)Nc1ccccc1)[C@@H](S)c1cccnc1. The molecule has 1 atom stereocenters. The Morgan fingerprint density at radius 3 is 2.76 bits per heavy atom. The lowest BCUT2D eigenvalue weighted by atomic mass is 10.3. The highest BCUT2D eigenvalue weighted by Crippen LogP contribution is 2.27. The number of amidine groups is 1. The summed E-state index contributed by atoms with van der Waals surface area (Å²) in [4.78, 5) is 17.8. The first-order valence-corrected chi connectivity index (χ1v) is 8.90. The smallest absolute Gasteiger partial charge is 0.234 e. The molecule has 0 radical (unpaired) electrons. The molecule has 0 aliphatic carbocycles. The molecule has 0 bridgehead atoms. The van der Waals surface area contributed by atoms with Gasteiger partial charge in [0.1, 0.15) is 5.37 Å². The minimum absolute atomic E-state index is 0.154. The van der Waals surface area contributed by atoms with Crippen molar-refractivity contribution in [2.75, 3.05) is 11.1 Å². The zero-order chi connectivity index (χ0) is 18.1. The van der Waals surface area contributed by atoms with Crippen LogP contribution >= 0.6 is 24.4 Å². The highest BCUT2D eigenvalue weighted by atomic mass is 32.2. The fraction of sp³-hybridized carbons (Fsp3) is 0.118. The van der Waals surface area contributed by atoms with Crippen LogP contribution in [-0.2, 0) is 4.79 Å². The Balaban J connectivity index is 1.98. The lowest BCUT2D eigenvalue weighted by molar-refractivity contribution is -0.113. The number of hydrogen-bond donors (Lipinski definition) is 3. The second-order valence-corrected chi connectivity index (χ2v) is 6.30. The number of para-hydroxylation sites is 1. The Morgan fingerprint density at radius 2 is 2.16 bits per heavy atom. The van der Waals surface area contributed by atoms with Gasteiger partial charge < -0.3 is 16.1 Å². The van der Waals surface area contributed by atoms with Gasteiger partial charge in [0, 0.05) is 29.8 Å². The molecular formula is C17H19N5OS2. The summed E-state index contributed by atoms with van der Waals surface area (Å²) in [5.74, 6) is 5.50. The molecule has 2 rings (SSSR count). The van der Waals surface area contributed by atoms with Crippen LogP contribution in [0.25, 0.3) is 0 Å². The molecule has 0 saturated carbocycles. The van der Waals surface area contributed by atoms with Crippen molar-refractivity contribution in [3.05, 3.63) is 73.2 Å². The molecule has 0 spiro atoms. The van der Waals surface area contributed by atoms with Gasteiger partial charge in [-0.3, -0.25) is 9.78 Å². The molecule has 1 aromatic carbocycles. The molecule has 25 heavy (non-hydrogen) atoms. The number of nitrogens with zero attached hydrogens (tertiary/aromatic N) is 3. The van der Waals surface area contributed by atoms with Crippen molar-refractivity contribution in [3.8, 4) is 0 Å². The predicted molar refractivity (Wildman–Crippen MR) is 107 cm³/mol. The Kier molecular flexibility index (Phi) is 7.36. The molecule has 0 fully saturated rings. The van der Waals surface area contributed by atoms with Gasteiger partial charge in [0.15, 0.2) is 5.17 Å². The van der Waals surface area contributed by atoms with Crippen molar-refractivity contribution in [1.29, 1.82) is 0 Å². The number of carbonyl (C=O) groups is 1. The molecule has 6 nitrogen and oxygen atoms in total. The molecule has 1 heterocycles. The molecule has 0 unspecified atom stereocenters. The van der Waals surface area contributed by atoms with Gasteiger partial charge in [-0.15, -0.1) is 12.6 Å². The number of carbonyl (C=O) groups excluding carboxylic acids is 1. The second-order valence-electron chi connectivity index (χ2n) is 4.86. The average Bonchev–Trinajstić information content (AvgIpc) is 2.66. The summed E-state index contributed by atoms with van der Waals surface area (Å²) >= 11 is 5.78. The third-order valence-corrected chi connectivity index (χ3v) is 4.69. The van der Waals surface area contributed by atoms with Crippen LogP contribution in [0.4, 0.5) is 5.69 Å². The number of nitrogens with two attached hydrogens (primary N) is 1. The number of benzene rings is 1. The maximum atomic E-state index is 12.1. The molecule has 0 aliphatic heterocycles. The molecule has 0 saturated heterocycles. The summed E-state index contributed by atoms with van der Waals surface area (Å²) in [5, 5.41) is 6.65. The highest BCUT2D eigenvalue weighted by molar-refractivity contribution is 8.14. The zero-order valence-corrected chi connectivity index (χ0v) is 15.2. The normalized spacial score (nSPS) is 12.3. The minimum Gasteiger partial charge on any atom is -0.325 e. The summed E-state index contributed by atoms with van der Waals surface area (Å²) in [6.45, 7) is 3.78. The van der Waals surface area contributed by atoms with Crippen LogP contribution in [0.3, 0.4) is 0 Å². The van der Waals surface area contributed by atoms with Gasteiger partial charge in [0.05, 0.1) is 5.75 Å². The van der Waals surface area contributed by atoms with Crippen molar-refractivity contribution in [1.82, 2.24) is 9.88 Å². The number of hydrazone groups is 1. The van der Waals surface area contributed by atoms with E-state index in [4.69, 9.17) is 5.84 Å². The number of thioether (sulfide) groups is 1. The van der Waals surface area contributed by atoms with Crippen LogP contribution in [0.5, 0.6) is 0 Å². The molecule has 1 aromatic heterocycles. The fourth-order valence-corrected chi connectivity index (χ4v) is 3.17. The first-order valence-electron chi connectivity index (χ1n) is 7.40.